The van der Waals surface area contributed by atoms with Crippen LogP contribution in [0.4, 0.5) is 10.1 Å². The van der Waals surface area contributed by atoms with Crippen molar-refractivity contribution in [3.63, 3.8) is 0 Å². The Morgan fingerprint density at radius 1 is 1.27 bits per heavy atom. The van der Waals surface area contributed by atoms with E-state index in [0.29, 0.717) is 29.7 Å². The molecule has 2 N–H and O–H groups in total. The van der Waals surface area contributed by atoms with Crippen molar-refractivity contribution in [1.29, 1.82) is 0 Å². The van der Waals surface area contributed by atoms with Gasteiger partial charge in [0.25, 0.3) is 5.91 Å². The molecular weight excluding hydrogens is 331 g/mol. The molecule has 4 rings (SSSR count). The Kier molecular flexibility index (Phi) is 4.15. The Bertz CT molecular complexity index is 995. The second-order valence-electron chi connectivity index (χ2n) is 6.69. The lowest BCUT2D eigenvalue weighted by Gasteiger charge is -2.10. The summed E-state index contributed by atoms with van der Waals surface area (Å²) in [5, 5.41) is 6.91. The van der Waals surface area contributed by atoms with Crippen molar-refractivity contribution in [2.24, 2.45) is 0 Å². The largest absolute Gasteiger partial charge is 0.455 e. The number of hydrogen-bond donors (Lipinski definition) is 2. The molecule has 5 heteroatoms. The molecule has 0 radical (unpaired) electrons. The maximum absolute atomic E-state index is 13.4. The summed E-state index contributed by atoms with van der Waals surface area (Å²) in [5.74, 6) is 0.186. The third-order valence-electron chi connectivity index (χ3n) is 5.01. The standard InChI is InChI=1S/C21H21FN2O2/c1-12-4-3-9-24-17-11-18-16(10-15(12)17)19(21(25)23-2)20(26-18)13-5-7-14(22)8-6-13/h4-5,7,10-11,24H,3,6,8-9H2,1-2H3,(H,23,25). The number of nitrogens with one attached hydrogen (secondary N) is 2. The molecule has 0 saturated heterocycles. The van der Waals surface area contributed by atoms with E-state index in [9.17, 15) is 9.18 Å². The molecule has 1 aliphatic heterocycles. The van der Waals surface area contributed by atoms with Crippen LogP contribution in [-0.4, -0.2) is 19.5 Å². The van der Waals surface area contributed by atoms with Crippen LogP contribution in [0.2, 0.25) is 0 Å². The number of fused-ring (bicyclic) bond motifs is 2. The first kappa shape index (κ1) is 16.6. The highest BCUT2D eigenvalue weighted by Gasteiger charge is 2.25. The average Bonchev–Trinajstić information content (AvgIpc) is 2.92. The quantitative estimate of drug-likeness (QED) is 0.796. The first-order valence-corrected chi connectivity index (χ1v) is 8.87. The van der Waals surface area contributed by atoms with Gasteiger partial charge in [-0.3, -0.25) is 4.79 Å². The highest BCUT2D eigenvalue weighted by Crippen LogP contribution is 2.39. The fourth-order valence-corrected chi connectivity index (χ4v) is 3.60. The summed E-state index contributed by atoms with van der Waals surface area (Å²) in [6.45, 7) is 2.94. The Morgan fingerprint density at radius 3 is 2.85 bits per heavy atom. The zero-order valence-electron chi connectivity index (χ0n) is 14.9. The topological polar surface area (TPSA) is 54.3 Å². The summed E-state index contributed by atoms with van der Waals surface area (Å²) >= 11 is 0. The number of anilines is 1. The van der Waals surface area contributed by atoms with Crippen LogP contribution in [0.1, 0.15) is 47.9 Å². The minimum absolute atomic E-state index is 0.150. The molecule has 2 aromatic rings. The second-order valence-corrected chi connectivity index (χ2v) is 6.69. The average molecular weight is 352 g/mol. The number of rotatable bonds is 2. The molecule has 134 valence electrons. The van der Waals surface area contributed by atoms with Gasteiger partial charge in [-0.25, -0.2) is 4.39 Å². The van der Waals surface area contributed by atoms with Crippen LogP contribution in [0.3, 0.4) is 0 Å². The lowest BCUT2D eigenvalue weighted by Crippen LogP contribution is -2.19. The summed E-state index contributed by atoms with van der Waals surface area (Å²) in [5.41, 5.74) is 5.29. The van der Waals surface area contributed by atoms with E-state index in [2.05, 4.69) is 23.6 Å². The number of allylic oxidation sites excluding steroid dienone is 5. The van der Waals surface area contributed by atoms with Gasteiger partial charge in [-0.15, -0.1) is 0 Å². The van der Waals surface area contributed by atoms with Crippen LogP contribution in [0, 0.1) is 0 Å². The van der Waals surface area contributed by atoms with Gasteiger partial charge in [0.15, 0.2) is 0 Å². The van der Waals surface area contributed by atoms with Crippen molar-refractivity contribution in [3.05, 3.63) is 53.1 Å². The lowest BCUT2D eigenvalue weighted by molar-refractivity contribution is 0.0963. The van der Waals surface area contributed by atoms with Gasteiger partial charge >= 0.3 is 0 Å². The maximum atomic E-state index is 13.4. The van der Waals surface area contributed by atoms with Gasteiger partial charge < -0.3 is 15.1 Å². The molecule has 0 bridgehead atoms. The molecule has 1 aromatic heterocycles. The number of amides is 1. The monoisotopic (exact) mass is 352 g/mol. The van der Waals surface area contributed by atoms with Gasteiger partial charge in [0.1, 0.15) is 17.2 Å². The van der Waals surface area contributed by atoms with Crippen LogP contribution >= 0.6 is 0 Å². The van der Waals surface area contributed by atoms with Crippen molar-refractivity contribution in [2.75, 3.05) is 18.9 Å². The van der Waals surface area contributed by atoms with Crippen LogP contribution in [0.25, 0.3) is 22.1 Å². The van der Waals surface area contributed by atoms with Crippen LogP contribution in [0.15, 0.2) is 40.6 Å². The van der Waals surface area contributed by atoms with E-state index < -0.39 is 0 Å². The second kappa shape index (κ2) is 6.48. The molecule has 0 saturated carbocycles. The molecule has 1 aromatic carbocycles. The first-order valence-electron chi connectivity index (χ1n) is 8.87. The third-order valence-corrected chi connectivity index (χ3v) is 5.01. The van der Waals surface area contributed by atoms with Crippen LogP contribution in [0.5, 0.6) is 0 Å². The Morgan fingerprint density at radius 2 is 2.12 bits per heavy atom. The van der Waals surface area contributed by atoms with Gasteiger partial charge in [0.05, 0.1) is 5.56 Å². The molecule has 0 atom stereocenters. The molecule has 1 aliphatic carbocycles. The molecule has 0 spiro atoms. The minimum Gasteiger partial charge on any atom is -0.455 e. The Balaban J connectivity index is 1.97. The maximum Gasteiger partial charge on any atom is 0.255 e. The number of halogens is 1. The summed E-state index contributed by atoms with van der Waals surface area (Å²) in [7, 11) is 1.61. The first-order chi connectivity index (χ1) is 12.6. The Labute approximate surface area is 151 Å². The van der Waals surface area contributed by atoms with E-state index in [1.807, 2.05) is 12.1 Å². The number of furan rings is 1. The molecule has 0 unspecified atom stereocenters. The predicted molar refractivity (Wildman–Crippen MR) is 103 cm³/mol. The summed E-state index contributed by atoms with van der Waals surface area (Å²) < 4.78 is 19.5. The summed E-state index contributed by atoms with van der Waals surface area (Å²) in [4.78, 5) is 12.6. The smallest absolute Gasteiger partial charge is 0.255 e. The van der Waals surface area contributed by atoms with E-state index in [1.54, 1.807) is 13.1 Å². The molecule has 1 amide bonds. The van der Waals surface area contributed by atoms with Crippen molar-refractivity contribution < 1.29 is 13.6 Å². The fraction of sp³-hybridized carbons (Fsp3) is 0.286. The number of carbonyl (C=O) groups is 1. The molecule has 26 heavy (non-hydrogen) atoms. The van der Waals surface area contributed by atoms with Crippen molar-refractivity contribution >= 4 is 33.7 Å². The zero-order chi connectivity index (χ0) is 18.3. The minimum atomic E-state index is -0.196. The van der Waals surface area contributed by atoms with E-state index in [0.717, 1.165) is 35.2 Å². The zero-order valence-corrected chi connectivity index (χ0v) is 14.9. The summed E-state index contributed by atoms with van der Waals surface area (Å²) in [6.07, 6.45) is 7.16. The van der Waals surface area contributed by atoms with Crippen molar-refractivity contribution in [1.82, 2.24) is 5.32 Å². The number of benzene rings is 1. The van der Waals surface area contributed by atoms with Gasteiger partial charge in [0, 0.05) is 42.7 Å². The molecule has 0 fully saturated rings. The summed E-state index contributed by atoms with van der Waals surface area (Å²) in [6, 6.07) is 3.98. The van der Waals surface area contributed by atoms with Crippen molar-refractivity contribution in [2.45, 2.75) is 26.2 Å². The number of carbonyl (C=O) groups excluding carboxylic acids is 1. The van der Waals surface area contributed by atoms with Crippen molar-refractivity contribution in [3.8, 4) is 0 Å². The molecular formula is C21H21FN2O2. The van der Waals surface area contributed by atoms with Crippen LogP contribution < -0.4 is 10.6 Å². The SMILES string of the molecule is CNC(=O)c1c(C2=CC=C(F)CC2)oc2cc3c(cc12)C(C)=CCCN3. The van der Waals surface area contributed by atoms with E-state index >= 15 is 0 Å². The van der Waals surface area contributed by atoms with Gasteiger partial charge in [-0.1, -0.05) is 12.2 Å². The van der Waals surface area contributed by atoms with E-state index in [-0.39, 0.29) is 11.7 Å². The third kappa shape index (κ3) is 2.73. The highest BCUT2D eigenvalue weighted by molar-refractivity contribution is 6.11. The van der Waals surface area contributed by atoms with Crippen LogP contribution in [-0.2, 0) is 0 Å². The van der Waals surface area contributed by atoms with Gasteiger partial charge in [-0.2, -0.15) is 0 Å². The Hall–Kier alpha value is -2.82. The van der Waals surface area contributed by atoms with Gasteiger partial charge in [-0.05, 0) is 43.1 Å². The van der Waals surface area contributed by atoms with E-state index in [4.69, 9.17) is 4.42 Å². The number of hydrogen-bond acceptors (Lipinski definition) is 3. The lowest BCUT2D eigenvalue weighted by atomic mass is 9.96. The van der Waals surface area contributed by atoms with E-state index in [1.165, 1.54) is 11.6 Å². The normalized spacial score (nSPS) is 16.8. The molecule has 2 aliphatic rings. The van der Waals surface area contributed by atoms with Gasteiger partial charge in [0.2, 0.25) is 0 Å². The predicted octanol–water partition coefficient (Wildman–Crippen LogP) is 5.04. The fourth-order valence-electron chi connectivity index (χ4n) is 3.60. The molecule has 2 heterocycles. The highest BCUT2D eigenvalue weighted by atomic mass is 19.1. The molecule has 4 nitrogen and oxygen atoms in total.